The molecule has 0 aromatic heterocycles. The Hall–Kier alpha value is -2.61. The zero-order chi connectivity index (χ0) is 21.9. The SMILES string of the molecule is CC1CC[C@@H]2C[C@H](c3ccc(-c4ccc(OCc5ccccc5)cc4)c(F)c3)CC[C@@H]2C1. The summed E-state index contributed by atoms with van der Waals surface area (Å²) in [5.41, 5.74) is 3.88. The maximum Gasteiger partial charge on any atom is 0.131 e. The molecule has 32 heavy (non-hydrogen) atoms. The highest BCUT2D eigenvalue weighted by Gasteiger charge is 2.34. The van der Waals surface area contributed by atoms with Crippen molar-refractivity contribution in [3.63, 3.8) is 0 Å². The first-order valence-electron chi connectivity index (χ1n) is 12.2. The number of benzene rings is 3. The van der Waals surface area contributed by atoms with Crippen LogP contribution in [-0.2, 0) is 6.61 Å². The van der Waals surface area contributed by atoms with E-state index in [9.17, 15) is 0 Å². The van der Waals surface area contributed by atoms with Crippen LogP contribution in [0.4, 0.5) is 4.39 Å². The molecule has 0 saturated heterocycles. The molecule has 166 valence electrons. The van der Waals surface area contributed by atoms with Gasteiger partial charge >= 0.3 is 0 Å². The predicted octanol–water partition coefficient (Wildman–Crippen LogP) is 8.39. The number of hydrogen-bond acceptors (Lipinski definition) is 1. The minimum absolute atomic E-state index is 0.111. The molecule has 0 bridgehead atoms. The number of ether oxygens (including phenoxy) is 1. The van der Waals surface area contributed by atoms with Crippen LogP contribution in [0.3, 0.4) is 0 Å². The van der Waals surface area contributed by atoms with Crippen LogP contribution in [0, 0.1) is 23.6 Å². The lowest BCUT2D eigenvalue weighted by molar-refractivity contribution is 0.124. The lowest BCUT2D eigenvalue weighted by Gasteiger charge is -2.41. The van der Waals surface area contributed by atoms with E-state index in [1.165, 1.54) is 44.1 Å². The van der Waals surface area contributed by atoms with Crippen LogP contribution < -0.4 is 4.74 Å². The van der Waals surface area contributed by atoms with E-state index in [-0.39, 0.29) is 5.82 Å². The lowest BCUT2D eigenvalue weighted by atomic mass is 9.64. The van der Waals surface area contributed by atoms with E-state index in [0.29, 0.717) is 18.1 Å². The van der Waals surface area contributed by atoms with E-state index in [2.05, 4.69) is 13.0 Å². The molecule has 2 aliphatic rings. The van der Waals surface area contributed by atoms with Crippen LogP contribution >= 0.6 is 0 Å². The van der Waals surface area contributed by atoms with Crippen molar-refractivity contribution >= 4 is 0 Å². The Morgan fingerprint density at radius 1 is 0.812 bits per heavy atom. The Balaban J connectivity index is 1.24. The molecule has 0 amide bonds. The van der Waals surface area contributed by atoms with Crippen molar-refractivity contribution in [1.82, 2.24) is 0 Å². The van der Waals surface area contributed by atoms with Crippen molar-refractivity contribution in [3.05, 3.63) is 89.7 Å². The van der Waals surface area contributed by atoms with Crippen LogP contribution in [0.15, 0.2) is 72.8 Å². The summed E-state index contributed by atoms with van der Waals surface area (Å²) in [6, 6.07) is 23.8. The second-order valence-electron chi connectivity index (χ2n) is 9.99. The third-order valence-electron chi connectivity index (χ3n) is 7.75. The molecule has 2 saturated carbocycles. The summed E-state index contributed by atoms with van der Waals surface area (Å²) in [4.78, 5) is 0. The van der Waals surface area contributed by atoms with Gasteiger partial charge in [0.25, 0.3) is 0 Å². The maximum atomic E-state index is 15.1. The van der Waals surface area contributed by atoms with Crippen molar-refractivity contribution in [2.45, 2.75) is 58.0 Å². The molecule has 0 aliphatic heterocycles. The van der Waals surface area contributed by atoms with Gasteiger partial charge in [-0.3, -0.25) is 0 Å². The first-order valence-corrected chi connectivity index (χ1v) is 12.2. The average Bonchev–Trinajstić information content (AvgIpc) is 2.83. The zero-order valence-corrected chi connectivity index (χ0v) is 19.0. The Kier molecular flexibility index (Phi) is 6.30. The van der Waals surface area contributed by atoms with Gasteiger partial charge in [-0.05, 0) is 90.7 Å². The summed E-state index contributed by atoms with van der Waals surface area (Å²) in [7, 11) is 0. The van der Waals surface area contributed by atoms with Crippen molar-refractivity contribution < 1.29 is 9.13 Å². The molecule has 4 atom stereocenters. The zero-order valence-electron chi connectivity index (χ0n) is 19.0. The Labute approximate surface area is 191 Å². The summed E-state index contributed by atoms with van der Waals surface area (Å²) in [6.45, 7) is 2.93. The molecule has 1 nitrogen and oxygen atoms in total. The van der Waals surface area contributed by atoms with Gasteiger partial charge in [0.2, 0.25) is 0 Å². The molecule has 3 aromatic rings. The van der Waals surface area contributed by atoms with Crippen LogP contribution in [0.5, 0.6) is 5.75 Å². The first kappa shape index (κ1) is 21.2. The van der Waals surface area contributed by atoms with Gasteiger partial charge in [0.15, 0.2) is 0 Å². The molecule has 2 aliphatic carbocycles. The molecule has 0 radical (unpaired) electrons. The summed E-state index contributed by atoms with van der Waals surface area (Å²) in [6.07, 6.45) is 7.89. The van der Waals surface area contributed by atoms with Crippen molar-refractivity contribution in [2.24, 2.45) is 17.8 Å². The summed E-state index contributed by atoms with van der Waals surface area (Å²) in [5.74, 6) is 3.84. The second kappa shape index (κ2) is 9.48. The minimum Gasteiger partial charge on any atom is -0.489 e. The molecule has 0 N–H and O–H groups in total. The van der Waals surface area contributed by atoms with Crippen LogP contribution in [0.1, 0.15) is 62.5 Å². The van der Waals surface area contributed by atoms with E-state index < -0.39 is 0 Å². The lowest BCUT2D eigenvalue weighted by Crippen LogP contribution is -2.29. The van der Waals surface area contributed by atoms with Gasteiger partial charge in [0.1, 0.15) is 18.2 Å². The van der Waals surface area contributed by atoms with Gasteiger partial charge in [-0.15, -0.1) is 0 Å². The number of fused-ring (bicyclic) bond motifs is 1. The van der Waals surface area contributed by atoms with Gasteiger partial charge in [0, 0.05) is 5.56 Å². The van der Waals surface area contributed by atoms with Crippen LogP contribution in [0.25, 0.3) is 11.1 Å². The normalized spacial score (nSPS) is 25.2. The first-order chi connectivity index (χ1) is 15.7. The van der Waals surface area contributed by atoms with E-state index in [0.717, 1.165) is 34.6 Å². The van der Waals surface area contributed by atoms with Gasteiger partial charge in [-0.25, -0.2) is 4.39 Å². The second-order valence-corrected chi connectivity index (χ2v) is 9.99. The fraction of sp³-hybridized carbons (Fsp3) is 0.400. The van der Waals surface area contributed by atoms with Gasteiger partial charge in [0.05, 0.1) is 0 Å². The smallest absolute Gasteiger partial charge is 0.131 e. The van der Waals surface area contributed by atoms with E-state index in [1.54, 1.807) is 6.07 Å². The molecular weight excluding hydrogens is 395 g/mol. The standard InChI is InChI=1S/C30H33FO/c1-21-7-8-25-18-26(10-9-24(25)17-21)27-13-16-29(30(31)19-27)23-11-14-28(15-12-23)32-20-22-5-3-2-4-6-22/h2-6,11-16,19,21,24-26H,7-10,17-18,20H2,1H3/t21?,24-,25-,26-/m1/s1. The summed E-state index contributed by atoms with van der Waals surface area (Å²) < 4.78 is 21.0. The molecule has 0 spiro atoms. The molecule has 2 fully saturated rings. The van der Waals surface area contributed by atoms with E-state index >= 15 is 4.39 Å². The van der Waals surface area contributed by atoms with Crippen molar-refractivity contribution in [2.75, 3.05) is 0 Å². The Bertz CT molecular complexity index is 1030. The molecule has 0 heterocycles. The van der Waals surface area contributed by atoms with Crippen molar-refractivity contribution in [3.8, 4) is 16.9 Å². The number of hydrogen-bond donors (Lipinski definition) is 0. The Morgan fingerprint density at radius 3 is 2.34 bits per heavy atom. The highest BCUT2D eigenvalue weighted by Crippen LogP contribution is 2.47. The van der Waals surface area contributed by atoms with Gasteiger partial charge in [-0.1, -0.05) is 67.9 Å². The number of rotatable bonds is 5. The molecule has 2 heteroatoms. The van der Waals surface area contributed by atoms with Crippen LogP contribution in [0.2, 0.25) is 0 Å². The van der Waals surface area contributed by atoms with Crippen molar-refractivity contribution in [1.29, 1.82) is 0 Å². The summed E-state index contributed by atoms with van der Waals surface area (Å²) >= 11 is 0. The molecular formula is C30H33FO. The van der Waals surface area contributed by atoms with E-state index in [1.807, 2.05) is 60.7 Å². The molecule has 5 rings (SSSR count). The van der Waals surface area contributed by atoms with Gasteiger partial charge in [-0.2, -0.15) is 0 Å². The fourth-order valence-electron chi connectivity index (χ4n) is 5.92. The summed E-state index contributed by atoms with van der Waals surface area (Å²) in [5, 5.41) is 0. The molecule has 3 aromatic carbocycles. The maximum absolute atomic E-state index is 15.1. The topological polar surface area (TPSA) is 9.23 Å². The largest absolute Gasteiger partial charge is 0.489 e. The Morgan fingerprint density at radius 2 is 1.56 bits per heavy atom. The minimum atomic E-state index is -0.111. The quantitative estimate of drug-likeness (QED) is 0.396. The third kappa shape index (κ3) is 4.75. The number of halogens is 1. The fourth-order valence-corrected chi connectivity index (χ4v) is 5.92. The molecule has 1 unspecified atom stereocenters. The monoisotopic (exact) mass is 428 g/mol. The predicted molar refractivity (Wildman–Crippen MR) is 129 cm³/mol. The average molecular weight is 429 g/mol. The van der Waals surface area contributed by atoms with Crippen LogP contribution in [-0.4, -0.2) is 0 Å². The highest BCUT2D eigenvalue weighted by molar-refractivity contribution is 5.65. The third-order valence-corrected chi connectivity index (χ3v) is 7.75. The van der Waals surface area contributed by atoms with Gasteiger partial charge < -0.3 is 4.74 Å². The highest BCUT2D eigenvalue weighted by atomic mass is 19.1. The van der Waals surface area contributed by atoms with E-state index in [4.69, 9.17) is 4.74 Å².